The summed E-state index contributed by atoms with van der Waals surface area (Å²) in [6.07, 6.45) is 4.33. The predicted octanol–water partition coefficient (Wildman–Crippen LogP) is 2.59. The van der Waals surface area contributed by atoms with Crippen LogP contribution in [0.5, 0.6) is 0 Å². The molecule has 0 aromatic heterocycles. The average Bonchev–Trinajstić information content (AvgIpc) is 2.35. The highest BCUT2D eigenvalue weighted by molar-refractivity contribution is 5.91. The van der Waals surface area contributed by atoms with Crippen molar-refractivity contribution in [3.05, 3.63) is 41.0 Å². The molecule has 0 saturated heterocycles. The molecular weight excluding hydrogens is 238 g/mol. The summed E-state index contributed by atoms with van der Waals surface area (Å²) in [6, 6.07) is 6.18. The van der Waals surface area contributed by atoms with Gasteiger partial charge in [-0.2, -0.15) is 0 Å². The highest BCUT2D eigenvalue weighted by Gasteiger charge is 2.01. The summed E-state index contributed by atoms with van der Waals surface area (Å²) in [7, 11) is 0. The van der Waals surface area contributed by atoms with E-state index in [1.165, 1.54) is 17.2 Å². The molecule has 0 aliphatic carbocycles. The summed E-state index contributed by atoms with van der Waals surface area (Å²) in [5.41, 5.74) is 3.40. The van der Waals surface area contributed by atoms with Crippen molar-refractivity contribution < 1.29 is 9.90 Å². The normalized spacial score (nSPS) is 12.6. The molecule has 0 heterocycles. The van der Waals surface area contributed by atoms with E-state index < -0.39 is 0 Å². The molecular formula is C16H23NO2. The molecule has 0 aliphatic heterocycles. The zero-order valence-electron chi connectivity index (χ0n) is 11.9. The summed E-state index contributed by atoms with van der Waals surface area (Å²) in [5.74, 6) is -0.123. The second kappa shape index (κ2) is 7.74. The minimum absolute atomic E-state index is 0.123. The van der Waals surface area contributed by atoms with Crippen molar-refractivity contribution in [2.45, 2.75) is 39.7 Å². The van der Waals surface area contributed by atoms with Crippen LogP contribution >= 0.6 is 0 Å². The van der Waals surface area contributed by atoms with Gasteiger partial charge in [0.15, 0.2) is 0 Å². The molecule has 0 radical (unpaired) electrons. The number of hydrogen-bond donors (Lipinski definition) is 2. The van der Waals surface area contributed by atoms with E-state index in [1.807, 2.05) is 39.0 Å². The first-order valence-corrected chi connectivity index (χ1v) is 6.73. The lowest BCUT2D eigenvalue weighted by atomic mass is 10.1. The van der Waals surface area contributed by atoms with Crippen LogP contribution in [0, 0.1) is 13.8 Å². The number of nitrogens with one attached hydrogen (secondary N) is 1. The van der Waals surface area contributed by atoms with E-state index in [1.54, 1.807) is 0 Å². The van der Waals surface area contributed by atoms with E-state index in [0.29, 0.717) is 19.4 Å². The minimum Gasteiger partial charge on any atom is -0.393 e. The third-order valence-electron chi connectivity index (χ3n) is 2.92. The summed E-state index contributed by atoms with van der Waals surface area (Å²) in [4.78, 5) is 11.6. The van der Waals surface area contributed by atoms with Gasteiger partial charge in [-0.15, -0.1) is 0 Å². The fourth-order valence-electron chi connectivity index (χ4n) is 1.90. The molecule has 2 N–H and O–H groups in total. The topological polar surface area (TPSA) is 49.3 Å². The number of aryl methyl sites for hydroxylation is 2. The molecule has 0 saturated carbocycles. The van der Waals surface area contributed by atoms with Crippen molar-refractivity contribution in [2.24, 2.45) is 0 Å². The Labute approximate surface area is 115 Å². The Morgan fingerprint density at radius 2 is 1.95 bits per heavy atom. The minimum atomic E-state index is -0.330. The van der Waals surface area contributed by atoms with Crippen molar-refractivity contribution in [3.8, 4) is 0 Å². The quantitative estimate of drug-likeness (QED) is 0.773. The van der Waals surface area contributed by atoms with Gasteiger partial charge in [0, 0.05) is 12.6 Å². The summed E-state index contributed by atoms with van der Waals surface area (Å²) in [6.45, 7) is 6.50. The number of carbonyl (C=O) groups excluding carboxylic acids is 1. The van der Waals surface area contributed by atoms with Crippen LogP contribution in [0.3, 0.4) is 0 Å². The van der Waals surface area contributed by atoms with Gasteiger partial charge < -0.3 is 10.4 Å². The third-order valence-corrected chi connectivity index (χ3v) is 2.92. The molecule has 0 aliphatic rings. The number of rotatable bonds is 6. The lowest BCUT2D eigenvalue weighted by Crippen LogP contribution is -2.25. The molecule has 3 heteroatoms. The molecule has 19 heavy (non-hydrogen) atoms. The number of aliphatic hydroxyl groups excluding tert-OH is 1. The molecule has 104 valence electrons. The van der Waals surface area contributed by atoms with Crippen LogP contribution in [0.2, 0.25) is 0 Å². The lowest BCUT2D eigenvalue weighted by Gasteiger charge is -2.07. The van der Waals surface area contributed by atoms with E-state index in [2.05, 4.69) is 11.4 Å². The van der Waals surface area contributed by atoms with E-state index >= 15 is 0 Å². The number of aliphatic hydroxyl groups is 1. The Bertz CT molecular complexity index is 432. The first kappa shape index (κ1) is 15.4. The monoisotopic (exact) mass is 261 g/mol. The first-order valence-electron chi connectivity index (χ1n) is 6.73. The van der Waals surface area contributed by atoms with Gasteiger partial charge in [-0.25, -0.2) is 0 Å². The maximum absolute atomic E-state index is 11.6. The first-order chi connectivity index (χ1) is 9.01. The second-order valence-corrected chi connectivity index (χ2v) is 4.90. The van der Waals surface area contributed by atoms with Crippen LogP contribution in [0.4, 0.5) is 0 Å². The Hall–Kier alpha value is -1.61. The van der Waals surface area contributed by atoms with Crippen molar-refractivity contribution >= 4 is 12.0 Å². The molecule has 1 rings (SSSR count). The standard InChI is InChI=1S/C16H23NO2/c1-4-15(18)7-8-17-16(19)6-5-14-10-12(2)9-13(3)11-14/h5-6,9-11,15,18H,4,7-8H2,1-3H3,(H,17,19)/b6-5+. The van der Waals surface area contributed by atoms with E-state index in [4.69, 9.17) is 0 Å². The zero-order valence-corrected chi connectivity index (χ0v) is 11.9. The van der Waals surface area contributed by atoms with Gasteiger partial charge in [0.2, 0.25) is 5.91 Å². The molecule has 1 atom stereocenters. The molecule has 1 amide bonds. The van der Waals surface area contributed by atoms with Gasteiger partial charge in [0.25, 0.3) is 0 Å². The van der Waals surface area contributed by atoms with Gasteiger partial charge >= 0.3 is 0 Å². The summed E-state index contributed by atoms with van der Waals surface area (Å²) in [5, 5.41) is 12.1. The lowest BCUT2D eigenvalue weighted by molar-refractivity contribution is -0.116. The maximum Gasteiger partial charge on any atom is 0.244 e. The Balaban J connectivity index is 2.45. The Kier molecular flexibility index (Phi) is 6.30. The SMILES string of the molecule is CCC(O)CCNC(=O)/C=C/c1cc(C)cc(C)c1. The highest BCUT2D eigenvalue weighted by atomic mass is 16.3. The third kappa shape index (κ3) is 6.20. The van der Waals surface area contributed by atoms with Gasteiger partial charge in [0.05, 0.1) is 6.10 Å². The summed E-state index contributed by atoms with van der Waals surface area (Å²) >= 11 is 0. The van der Waals surface area contributed by atoms with Gasteiger partial charge in [-0.1, -0.05) is 36.2 Å². The van der Waals surface area contributed by atoms with E-state index in [-0.39, 0.29) is 12.0 Å². The van der Waals surface area contributed by atoms with Crippen LogP contribution in [-0.2, 0) is 4.79 Å². The molecule has 1 unspecified atom stereocenters. The summed E-state index contributed by atoms with van der Waals surface area (Å²) < 4.78 is 0. The number of carbonyl (C=O) groups is 1. The van der Waals surface area contributed by atoms with Crippen LogP contribution in [0.25, 0.3) is 6.08 Å². The largest absolute Gasteiger partial charge is 0.393 e. The Morgan fingerprint density at radius 3 is 2.53 bits per heavy atom. The molecule has 3 nitrogen and oxygen atoms in total. The van der Waals surface area contributed by atoms with Crippen LogP contribution < -0.4 is 5.32 Å². The van der Waals surface area contributed by atoms with Crippen LogP contribution in [-0.4, -0.2) is 23.7 Å². The van der Waals surface area contributed by atoms with Gasteiger partial charge in [-0.05, 0) is 38.3 Å². The second-order valence-electron chi connectivity index (χ2n) is 4.90. The van der Waals surface area contributed by atoms with Crippen molar-refractivity contribution in [1.29, 1.82) is 0 Å². The molecule has 1 aromatic carbocycles. The van der Waals surface area contributed by atoms with Crippen molar-refractivity contribution in [3.63, 3.8) is 0 Å². The van der Waals surface area contributed by atoms with Crippen molar-refractivity contribution in [2.75, 3.05) is 6.54 Å². The molecule has 1 aromatic rings. The van der Waals surface area contributed by atoms with E-state index in [9.17, 15) is 9.90 Å². The van der Waals surface area contributed by atoms with Gasteiger partial charge in [-0.3, -0.25) is 4.79 Å². The zero-order chi connectivity index (χ0) is 14.3. The molecule has 0 spiro atoms. The van der Waals surface area contributed by atoms with Crippen LogP contribution in [0.1, 0.15) is 36.5 Å². The van der Waals surface area contributed by atoms with E-state index in [0.717, 1.165) is 5.56 Å². The fraction of sp³-hybridized carbons (Fsp3) is 0.438. The predicted molar refractivity (Wildman–Crippen MR) is 78.9 cm³/mol. The maximum atomic E-state index is 11.6. The number of hydrogen-bond acceptors (Lipinski definition) is 2. The smallest absolute Gasteiger partial charge is 0.244 e. The fourth-order valence-corrected chi connectivity index (χ4v) is 1.90. The van der Waals surface area contributed by atoms with Crippen LogP contribution in [0.15, 0.2) is 24.3 Å². The number of benzene rings is 1. The Morgan fingerprint density at radius 1 is 1.32 bits per heavy atom. The molecule has 0 bridgehead atoms. The highest BCUT2D eigenvalue weighted by Crippen LogP contribution is 2.10. The average molecular weight is 261 g/mol. The van der Waals surface area contributed by atoms with Gasteiger partial charge in [0.1, 0.15) is 0 Å². The number of amides is 1. The molecule has 0 fully saturated rings. The van der Waals surface area contributed by atoms with Crippen molar-refractivity contribution in [1.82, 2.24) is 5.32 Å².